The van der Waals surface area contributed by atoms with Gasteiger partial charge in [0.1, 0.15) is 0 Å². The maximum Gasteiger partial charge on any atom is 0.0893 e. The van der Waals surface area contributed by atoms with Crippen molar-refractivity contribution >= 4 is 11.5 Å². The average molecular weight is 215 g/mol. The van der Waals surface area contributed by atoms with Gasteiger partial charge in [0.05, 0.1) is 11.3 Å². The molecule has 80 valence electrons. The van der Waals surface area contributed by atoms with E-state index in [2.05, 4.69) is 28.8 Å². The molecular formula is C9H17N3OS. The van der Waals surface area contributed by atoms with Gasteiger partial charge in [0, 0.05) is 25.1 Å². The lowest BCUT2D eigenvalue weighted by Crippen LogP contribution is -2.37. The average Bonchev–Trinajstić information content (AvgIpc) is 2.56. The molecule has 1 rings (SSSR count). The zero-order valence-corrected chi connectivity index (χ0v) is 9.73. The fraction of sp³-hybridized carbons (Fsp3) is 0.778. The van der Waals surface area contributed by atoms with Gasteiger partial charge in [-0.2, -0.15) is 0 Å². The summed E-state index contributed by atoms with van der Waals surface area (Å²) in [6, 6.07) is 0. The Morgan fingerprint density at radius 2 is 2.36 bits per heavy atom. The number of rotatable bonds is 6. The molecule has 0 aliphatic rings. The van der Waals surface area contributed by atoms with Gasteiger partial charge in [0.2, 0.25) is 0 Å². The Balaban J connectivity index is 2.20. The summed E-state index contributed by atoms with van der Waals surface area (Å²) < 4.78 is 9.35. The lowest BCUT2D eigenvalue weighted by atomic mass is 10.1. The molecule has 1 aromatic rings. The molecule has 0 aliphatic heterocycles. The third kappa shape index (κ3) is 4.13. The Morgan fingerprint density at radius 3 is 2.93 bits per heavy atom. The highest BCUT2D eigenvalue weighted by Crippen LogP contribution is 2.07. The van der Waals surface area contributed by atoms with E-state index in [4.69, 9.17) is 4.74 Å². The molecule has 1 aromatic heterocycles. The molecule has 14 heavy (non-hydrogen) atoms. The molecule has 0 radical (unpaired) electrons. The monoisotopic (exact) mass is 215 g/mol. The fourth-order valence-electron chi connectivity index (χ4n) is 1.19. The molecule has 5 heteroatoms. The molecule has 0 aliphatic carbocycles. The first kappa shape index (κ1) is 11.6. The maximum atomic E-state index is 5.55. The molecule has 0 amide bonds. The molecule has 4 nitrogen and oxygen atoms in total. The number of nitrogens with one attached hydrogen (secondary N) is 1. The molecule has 0 saturated heterocycles. The number of hydrogen-bond acceptors (Lipinski definition) is 5. The van der Waals surface area contributed by atoms with Crippen LogP contribution in [0, 0.1) is 0 Å². The molecule has 0 saturated carbocycles. The molecule has 1 heterocycles. The normalized spacial score (nSPS) is 11.9. The summed E-state index contributed by atoms with van der Waals surface area (Å²) in [7, 11) is 0. The smallest absolute Gasteiger partial charge is 0.0893 e. The van der Waals surface area contributed by atoms with E-state index >= 15 is 0 Å². The predicted molar refractivity (Wildman–Crippen MR) is 57.3 cm³/mol. The highest BCUT2D eigenvalue weighted by atomic mass is 32.1. The van der Waals surface area contributed by atoms with Crippen LogP contribution in [0.15, 0.2) is 5.38 Å². The van der Waals surface area contributed by atoms with Crippen LogP contribution in [0.4, 0.5) is 0 Å². The summed E-state index contributed by atoms with van der Waals surface area (Å²) in [5.74, 6) is 0. The molecule has 0 spiro atoms. The van der Waals surface area contributed by atoms with Gasteiger partial charge in [0.25, 0.3) is 0 Å². The van der Waals surface area contributed by atoms with Crippen LogP contribution in [0.5, 0.6) is 0 Å². The maximum absolute atomic E-state index is 5.55. The standard InChI is InChI=1S/C9H17N3OS/c1-4-13-9(2,3)7-10-5-8-6-14-12-11-8/h6,10H,4-5,7H2,1-3H3. The van der Waals surface area contributed by atoms with Crippen LogP contribution in [-0.4, -0.2) is 28.3 Å². The quantitative estimate of drug-likeness (QED) is 0.780. The molecule has 0 fully saturated rings. The Kier molecular flexibility index (Phi) is 4.44. The lowest BCUT2D eigenvalue weighted by molar-refractivity contribution is -0.00901. The second-order valence-electron chi connectivity index (χ2n) is 3.69. The summed E-state index contributed by atoms with van der Waals surface area (Å²) in [5.41, 5.74) is 0.875. The Morgan fingerprint density at radius 1 is 1.57 bits per heavy atom. The van der Waals surface area contributed by atoms with Gasteiger partial charge in [-0.15, -0.1) is 5.10 Å². The summed E-state index contributed by atoms with van der Waals surface area (Å²) in [6.07, 6.45) is 0. The van der Waals surface area contributed by atoms with Crippen molar-refractivity contribution in [1.29, 1.82) is 0 Å². The van der Waals surface area contributed by atoms with E-state index < -0.39 is 0 Å². The van der Waals surface area contributed by atoms with Gasteiger partial charge in [0.15, 0.2) is 0 Å². The van der Waals surface area contributed by atoms with Gasteiger partial charge in [-0.1, -0.05) is 4.49 Å². The number of aromatic nitrogens is 2. The molecule has 0 aromatic carbocycles. The van der Waals surface area contributed by atoms with Crippen molar-refractivity contribution < 1.29 is 4.74 Å². The van der Waals surface area contributed by atoms with E-state index in [1.165, 1.54) is 11.5 Å². The first-order chi connectivity index (χ1) is 6.64. The largest absolute Gasteiger partial charge is 0.375 e. The van der Waals surface area contributed by atoms with E-state index in [1.54, 1.807) is 0 Å². The zero-order chi connectivity index (χ0) is 10.4. The minimum atomic E-state index is -0.113. The third-order valence-electron chi connectivity index (χ3n) is 1.80. The summed E-state index contributed by atoms with van der Waals surface area (Å²) in [5, 5.41) is 9.18. The van der Waals surface area contributed by atoms with Crippen molar-refractivity contribution in [2.24, 2.45) is 0 Å². The molecule has 0 atom stereocenters. The predicted octanol–water partition coefficient (Wildman–Crippen LogP) is 1.44. The number of ether oxygens (including phenoxy) is 1. The van der Waals surface area contributed by atoms with Crippen LogP contribution in [-0.2, 0) is 11.3 Å². The minimum absolute atomic E-state index is 0.113. The topological polar surface area (TPSA) is 47.0 Å². The first-order valence-corrected chi connectivity index (χ1v) is 5.58. The third-order valence-corrected chi connectivity index (χ3v) is 2.35. The molecule has 0 bridgehead atoms. The highest BCUT2D eigenvalue weighted by Gasteiger charge is 2.16. The van der Waals surface area contributed by atoms with E-state index in [0.717, 1.165) is 25.4 Å². The van der Waals surface area contributed by atoms with Crippen molar-refractivity contribution in [1.82, 2.24) is 14.9 Å². The Bertz CT molecular complexity index is 249. The molecule has 0 unspecified atom stereocenters. The van der Waals surface area contributed by atoms with Gasteiger partial charge in [-0.05, 0) is 32.3 Å². The van der Waals surface area contributed by atoms with Crippen LogP contribution in [0.3, 0.4) is 0 Å². The van der Waals surface area contributed by atoms with Gasteiger partial charge < -0.3 is 10.1 Å². The van der Waals surface area contributed by atoms with E-state index in [-0.39, 0.29) is 5.60 Å². The van der Waals surface area contributed by atoms with Crippen LogP contribution in [0.25, 0.3) is 0 Å². The van der Waals surface area contributed by atoms with Crippen LogP contribution in [0.2, 0.25) is 0 Å². The number of nitrogens with zero attached hydrogens (tertiary/aromatic N) is 2. The minimum Gasteiger partial charge on any atom is -0.375 e. The van der Waals surface area contributed by atoms with Crippen molar-refractivity contribution in [2.75, 3.05) is 13.2 Å². The van der Waals surface area contributed by atoms with E-state index in [1.807, 2.05) is 12.3 Å². The highest BCUT2D eigenvalue weighted by molar-refractivity contribution is 7.03. The second kappa shape index (κ2) is 5.38. The van der Waals surface area contributed by atoms with Gasteiger partial charge in [-0.25, -0.2) is 0 Å². The van der Waals surface area contributed by atoms with E-state index in [9.17, 15) is 0 Å². The van der Waals surface area contributed by atoms with Crippen LogP contribution < -0.4 is 5.32 Å². The Labute approximate surface area is 88.8 Å². The first-order valence-electron chi connectivity index (χ1n) is 4.74. The van der Waals surface area contributed by atoms with Crippen molar-refractivity contribution in [3.63, 3.8) is 0 Å². The van der Waals surface area contributed by atoms with Gasteiger partial charge in [-0.3, -0.25) is 0 Å². The fourth-order valence-corrected chi connectivity index (χ4v) is 1.65. The summed E-state index contributed by atoms with van der Waals surface area (Å²) >= 11 is 1.38. The molecular weight excluding hydrogens is 198 g/mol. The van der Waals surface area contributed by atoms with Crippen LogP contribution in [0.1, 0.15) is 26.5 Å². The van der Waals surface area contributed by atoms with E-state index in [0.29, 0.717) is 0 Å². The lowest BCUT2D eigenvalue weighted by Gasteiger charge is -2.24. The van der Waals surface area contributed by atoms with Crippen LogP contribution >= 0.6 is 11.5 Å². The number of hydrogen-bond donors (Lipinski definition) is 1. The Hall–Kier alpha value is -0.520. The SMILES string of the molecule is CCOC(C)(C)CNCc1csnn1. The van der Waals surface area contributed by atoms with Crippen molar-refractivity contribution in [3.05, 3.63) is 11.1 Å². The zero-order valence-electron chi connectivity index (χ0n) is 8.91. The second-order valence-corrected chi connectivity index (χ2v) is 4.30. The molecule has 1 N–H and O–H groups in total. The van der Waals surface area contributed by atoms with Gasteiger partial charge >= 0.3 is 0 Å². The van der Waals surface area contributed by atoms with Crippen molar-refractivity contribution in [3.8, 4) is 0 Å². The summed E-state index contributed by atoms with van der Waals surface area (Å²) in [6.45, 7) is 8.47. The van der Waals surface area contributed by atoms with Crippen molar-refractivity contribution in [2.45, 2.75) is 32.9 Å². The summed E-state index contributed by atoms with van der Waals surface area (Å²) in [4.78, 5) is 0.